The maximum Gasteiger partial charge on any atom is 0.326 e. The van der Waals surface area contributed by atoms with E-state index in [9.17, 15) is 4.57 Å². The zero-order valence-electron chi connectivity index (χ0n) is 20.4. The predicted molar refractivity (Wildman–Crippen MR) is 141 cm³/mol. The molecule has 4 heterocycles. The molecule has 2 aromatic heterocycles. The van der Waals surface area contributed by atoms with Crippen molar-refractivity contribution in [3.63, 3.8) is 0 Å². The molecule has 2 fully saturated rings. The highest BCUT2D eigenvalue weighted by Gasteiger charge is 2.23. The molecular formula is C21H36N9O4PS. The van der Waals surface area contributed by atoms with Gasteiger partial charge in [0.2, 0.25) is 5.95 Å². The number of likely N-dealkylation sites (tertiary alicyclic amines) is 1. The number of anilines is 3. The molecule has 0 aromatic carbocycles. The second kappa shape index (κ2) is 13.0. The summed E-state index contributed by atoms with van der Waals surface area (Å²) in [5, 5.41) is 24.1. The van der Waals surface area contributed by atoms with Gasteiger partial charge in [-0.05, 0) is 19.3 Å². The van der Waals surface area contributed by atoms with E-state index in [0.29, 0.717) is 32.0 Å². The lowest BCUT2D eigenvalue weighted by molar-refractivity contribution is 0.226. The number of hydrogen-bond donors (Lipinski definition) is 5. The van der Waals surface area contributed by atoms with Gasteiger partial charge in [0.1, 0.15) is 17.3 Å². The Hall–Kier alpha value is -1.96. The number of nitrogens with zero attached hydrogens (tertiary/aromatic N) is 7. The Morgan fingerprint density at radius 1 is 1.11 bits per heavy atom. The van der Waals surface area contributed by atoms with Crippen molar-refractivity contribution in [1.82, 2.24) is 29.9 Å². The molecule has 0 atom stereocenters. The van der Waals surface area contributed by atoms with Crippen LogP contribution in [0.25, 0.3) is 0 Å². The molecule has 0 unspecified atom stereocenters. The summed E-state index contributed by atoms with van der Waals surface area (Å²) >= 11 is 1.95. The Morgan fingerprint density at radius 3 is 2.61 bits per heavy atom. The van der Waals surface area contributed by atoms with Crippen molar-refractivity contribution in [2.75, 3.05) is 72.5 Å². The fourth-order valence-corrected chi connectivity index (χ4v) is 5.70. The van der Waals surface area contributed by atoms with Gasteiger partial charge in [-0.15, -0.1) is 5.10 Å². The molecule has 2 saturated heterocycles. The van der Waals surface area contributed by atoms with E-state index in [2.05, 4.69) is 30.7 Å². The number of aliphatic hydroxyl groups excluding tert-OH is 1. The fourth-order valence-electron chi connectivity index (χ4n) is 4.25. The predicted octanol–water partition coefficient (Wildman–Crippen LogP) is 0.670. The van der Waals surface area contributed by atoms with Crippen LogP contribution in [0.4, 0.5) is 17.6 Å². The minimum Gasteiger partial charge on any atom is -0.396 e. The molecular weight excluding hydrogens is 505 g/mol. The van der Waals surface area contributed by atoms with Crippen LogP contribution in [0, 0.1) is 0 Å². The minimum atomic E-state index is -3.97. The van der Waals surface area contributed by atoms with Gasteiger partial charge in [-0.1, -0.05) is 5.21 Å². The maximum absolute atomic E-state index is 11.2. The molecule has 200 valence electrons. The van der Waals surface area contributed by atoms with Crippen molar-refractivity contribution < 1.29 is 19.5 Å². The highest BCUT2D eigenvalue weighted by Crippen LogP contribution is 2.34. The molecule has 0 spiro atoms. The summed E-state index contributed by atoms with van der Waals surface area (Å²) in [5.41, 5.74) is 0.772. The Labute approximate surface area is 215 Å². The summed E-state index contributed by atoms with van der Waals surface area (Å²) in [6.07, 6.45) is 4.14. The van der Waals surface area contributed by atoms with Crippen LogP contribution in [0.2, 0.25) is 0 Å². The number of aryl methyl sites for hydroxylation is 1. The van der Waals surface area contributed by atoms with Crippen LogP contribution >= 0.6 is 19.4 Å². The van der Waals surface area contributed by atoms with Gasteiger partial charge >= 0.3 is 7.60 Å². The molecule has 2 aliphatic rings. The van der Waals surface area contributed by atoms with Crippen LogP contribution in [0.15, 0.2) is 12.3 Å². The number of nitrogens with one attached hydrogen (secondary N) is 2. The van der Waals surface area contributed by atoms with E-state index in [1.807, 2.05) is 24.0 Å². The highest BCUT2D eigenvalue weighted by atomic mass is 32.2. The van der Waals surface area contributed by atoms with Crippen LogP contribution in [-0.4, -0.2) is 108 Å². The molecule has 0 amide bonds. The molecule has 4 rings (SSSR count). The Bertz CT molecular complexity index is 1010. The number of aromatic nitrogens is 5. The molecule has 15 heteroatoms. The third-order valence-electron chi connectivity index (χ3n) is 6.25. The monoisotopic (exact) mass is 541 g/mol. The van der Waals surface area contributed by atoms with Gasteiger partial charge in [-0.25, -0.2) is 0 Å². The topological polar surface area (TPSA) is 165 Å². The third-order valence-corrected chi connectivity index (χ3v) is 7.98. The number of thioether (sulfide) groups is 1. The number of hydrogen-bond acceptors (Lipinski definition) is 11. The summed E-state index contributed by atoms with van der Waals surface area (Å²) in [4.78, 5) is 32.1. The van der Waals surface area contributed by atoms with Crippen molar-refractivity contribution in [1.29, 1.82) is 0 Å². The van der Waals surface area contributed by atoms with E-state index in [-0.39, 0.29) is 18.8 Å². The standard InChI is InChI=1S/C21H36N9O4PS/c31-10-1-4-30-16-18(26-27-30)15-22-21-24-19(14-20(25-21)29-8-12-36-13-9-29)23-17-2-5-28(6-3-17)7-11-35(32,33)34/h14,16-17,31H,1-13,15H2,(H2,32,33,34)(H2,22,23,24,25). The second-order valence-electron chi connectivity index (χ2n) is 9.09. The first-order chi connectivity index (χ1) is 17.4. The molecule has 5 N–H and O–H groups in total. The Balaban J connectivity index is 1.38. The van der Waals surface area contributed by atoms with Crippen LogP contribution < -0.4 is 15.5 Å². The summed E-state index contributed by atoms with van der Waals surface area (Å²) in [6.45, 7) is 5.05. The molecule has 2 aromatic rings. The van der Waals surface area contributed by atoms with E-state index < -0.39 is 7.60 Å². The molecule has 2 aliphatic heterocycles. The van der Waals surface area contributed by atoms with Crippen molar-refractivity contribution >= 4 is 36.9 Å². The summed E-state index contributed by atoms with van der Waals surface area (Å²) in [7, 11) is -3.97. The highest BCUT2D eigenvalue weighted by molar-refractivity contribution is 7.99. The van der Waals surface area contributed by atoms with Gasteiger partial charge in [0.15, 0.2) is 0 Å². The first kappa shape index (κ1) is 27.1. The van der Waals surface area contributed by atoms with Crippen molar-refractivity contribution in [3.8, 4) is 0 Å². The number of aliphatic hydroxyl groups is 1. The van der Waals surface area contributed by atoms with Crippen molar-refractivity contribution in [2.24, 2.45) is 0 Å². The first-order valence-electron chi connectivity index (χ1n) is 12.4. The van der Waals surface area contributed by atoms with Gasteiger partial charge in [-0.3, -0.25) is 9.25 Å². The summed E-state index contributed by atoms with van der Waals surface area (Å²) < 4.78 is 12.9. The average Bonchev–Trinajstić information content (AvgIpc) is 3.33. The fraction of sp³-hybridized carbons (Fsp3) is 0.714. The smallest absolute Gasteiger partial charge is 0.326 e. The van der Waals surface area contributed by atoms with Gasteiger partial charge in [0.25, 0.3) is 0 Å². The van der Waals surface area contributed by atoms with Gasteiger partial charge < -0.3 is 35.3 Å². The van der Waals surface area contributed by atoms with Gasteiger partial charge in [0.05, 0.1) is 18.9 Å². The van der Waals surface area contributed by atoms with Crippen molar-refractivity contribution in [3.05, 3.63) is 18.0 Å². The zero-order chi connectivity index (χ0) is 25.4. The molecule has 0 bridgehead atoms. The normalized spacial score (nSPS) is 17.9. The van der Waals surface area contributed by atoms with E-state index in [0.717, 1.165) is 67.9 Å². The van der Waals surface area contributed by atoms with Crippen LogP contribution in [0.3, 0.4) is 0 Å². The Morgan fingerprint density at radius 2 is 1.89 bits per heavy atom. The molecule has 0 radical (unpaired) electrons. The molecule has 36 heavy (non-hydrogen) atoms. The van der Waals surface area contributed by atoms with Gasteiger partial charge in [-0.2, -0.15) is 21.7 Å². The largest absolute Gasteiger partial charge is 0.396 e. The number of piperidine rings is 1. The number of rotatable bonds is 12. The molecule has 0 saturated carbocycles. The van der Waals surface area contributed by atoms with Crippen molar-refractivity contribution in [2.45, 2.75) is 38.4 Å². The third kappa shape index (κ3) is 8.56. The average molecular weight is 542 g/mol. The lowest BCUT2D eigenvalue weighted by atomic mass is 10.1. The van der Waals surface area contributed by atoms with Gasteiger partial charge in [0, 0.05) is 69.5 Å². The lowest BCUT2D eigenvalue weighted by Crippen LogP contribution is -2.40. The van der Waals surface area contributed by atoms with Crippen LogP contribution in [0.5, 0.6) is 0 Å². The van der Waals surface area contributed by atoms with E-state index in [1.165, 1.54) is 0 Å². The quantitative estimate of drug-likeness (QED) is 0.238. The Kier molecular flexibility index (Phi) is 9.80. The second-order valence-corrected chi connectivity index (χ2v) is 12.1. The van der Waals surface area contributed by atoms with E-state index in [4.69, 9.17) is 24.9 Å². The van der Waals surface area contributed by atoms with E-state index >= 15 is 0 Å². The van der Waals surface area contributed by atoms with E-state index in [1.54, 1.807) is 4.68 Å². The zero-order valence-corrected chi connectivity index (χ0v) is 22.1. The SMILES string of the molecule is O=P(O)(O)CCN1CCC(Nc2cc(N3CCSCC3)nc(NCc3cn(CCCO)nn3)n2)CC1. The molecule has 13 nitrogen and oxygen atoms in total. The maximum atomic E-state index is 11.2. The first-order valence-corrected chi connectivity index (χ1v) is 15.3. The minimum absolute atomic E-state index is 0.0985. The summed E-state index contributed by atoms with van der Waals surface area (Å²) in [6, 6.07) is 2.24. The lowest BCUT2D eigenvalue weighted by Gasteiger charge is -2.33. The molecule has 0 aliphatic carbocycles. The summed E-state index contributed by atoms with van der Waals surface area (Å²) in [5.74, 6) is 4.32. The van der Waals surface area contributed by atoms with Crippen LogP contribution in [0.1, 0.15) is 25.0 Å². The van der Waals surface area contributed by atoms with Crippen LogP contribution in [-0.2, 0) is 17.7 Å².